The minimum atomic E-state index is -2.54. The van der Waals surface area contributed by atoms with Gasteiger partial charge >= 0.3 is 0 Å². The third-order valence-corrected chi connectivity index (χ3v) is 5.23. The summed E-state index contributed by atoms with van der Waals surface area (Å²) in [6.07, 6.45) is 0.441. The normalized spacial score (nSPS) is 21.6. The molecule has 0 aliphatic heterocycles. The molecule has 0 saturated carbocycles. The van der Waals surface area contributed by atoms with E-state index >= 15 is 4.39 Å². The first kappa shape index (κ1) is 17.9. The number of allylic oxidation sites excluding steroid dienone is 2. The number of fused-ring (bicyclic) bond motifs is 1. The smallest absolute Gasteiger partial charge is 0.214 e. The number of carbonyl (C=O) groups excluding carboxylic acids is 2. The Morgan fingerprint density at radius 3 is 2.15 bits per heavy atom. The van der Waals surface area contributed by atoms with Crippen molar-refractivity contribution >= 4 is 40.5 Å². The Kier molecular flexibility index (Phi) is 4.17. The molecule has 0 spiro atoms. The van der Waals surface area contributed by atoms with E-state index < -0.39 is 40.8 Å². The number of Topliss-reactive ketones (excluding diaryl/α,β-unsaturated/α-hetero) is 2. The van der Waals surface area contributed by atoms with Crippen molar-refractivity contribution in [2.45, 2.75) is 12.2 Å². The summed E-state index contributed by atoms with van der Waals surface area (Å²) in [5, 5.41) is 2.78. The van der Waals surface area contributed by atoms with Gasteiger partial charge in [0.1, 0.15) is 5.83 Å². The molecule has 2 aliphatic carbocycles. The van der Waals surface area contributed by atoms with Gasteiger partial charge in [-0.25, -0.2) is 8.78 Å². The van der Waals surface area contributed by atoms with Crippen LogP contribution in [0.2, 0.25) is 10.0 Å². The third-order valence-electron chi connectivity index (χ3n) is 4.60. The molecule has 0 fully saturated rings. The molecule has 4 rings (SSSR count). The number of benzene rings is 2. The molecule has 1 atom stereocenters. The highest BCUT2D eigenvalue weighted by Crippen LogP contribution is 2.45. The van der Waals surface area contributed by atoms with Crippen molar-refractivity contribution in [3.63, 3.8) is 0 Å². The van der Waals surface area contributed by atoms with Crippen molar-refractivity contribution in [3.8, 4) is 0 Å². The molecular weight excluding hydrogens is 395 g/mol. The first-order valence-electron chi connectivity index (χ1n) is 8.04. The van der Waals surface area contributed by atoms with Crippen LogP contribution in [0.3, 0.4) is 0 Å². The van der Waals surface area contributed by atoms with Crippen molar-refractivity contribution in [3.05, 3.63) is 86.7 Å². The minimum absolute atomic E-state index is 0.0324. The molecule has 0 heterocycles. The van der Waals surface area contributed by atoms with Crippen molar-refractivity contribution in [1.82, 2.24) is 0 Å². The van der Waals surface area contributed by atoms with Gasteiger partial charge in [-0.2, -0.15) is 0 Å². The highest BCUT2D eigenvalue weighted by atomic mass is 35.5. The van der Waals surface area contributed by atoms with Gasteiger partial charge in [0.25, 0.3) is 0 Å². The van der Waals surface area contributed by atoms with Gasteiger partial charge < -0.3 is 5.32 Å². The molecule has 7 heteroatoms. The van der Waals surface area contributed by atoms with Crippen LogP contribution in [0.5, 0.6) is 0 Å². The fourth-order valence-corrected chi connectivity index (χ4v) is 3.84. The lowest BCUT2D eigenvalue weighted by Crippen LogP contribution is -2.44. The number of hydrogen-bond donors (Lipinski definition) is 1. The minimum Gasteiger partial charge on any atom is -0.347 e. The number of rotatable bonds is 2. The number of carbonyl (C=O) groups is 2. The Hall–Kier alpha value is -2.50. The fraction of sp³-hybridized carbons (Fsp3) is 0.100. The van der Waals surface area contributed by atoms with Crippen LogP contribution in [0.25, 0.3) is 0 Å². The van der Waals surface area contributed by atoms with Gasteiger partial charge in [-0.05, 0) is 18.2 Å². The molecule has 2 aromatic rings. The average molecular weight is 406 g/mol. The molecule has 0 saturated heterocycles. The predicted octanol–water partition coefficient (Wildman–Crippen LogP) is 5.70. The van der Waals surface area contributed by atoms with Gasteiger partial charge in [-0.15, -0.1) is 0 Å². The lowest BCUT2D eigenvalue weighted by molar-refractivity contribution is 0.0932. The van der Waals surface area contributed by atoms with Gasteiger partial charge in [0.05, 0.1) is 26.9 Å². The Bertz CT molecular complexity index is 1060. The molecule has 136 valence electrons. The molecule has 1 N–H and O–H groups in total. The number of nitrogens with one attached hydrogen (secondary N) is 1. The third kappa shape index (κ3) is 2.69. The van der Waals surface area contributed by atoms with E-state index in [1.54, 1.807) is 18.2 Å². The summed E-state index contributed by atoms with van der Waals surface area (Å²) in [5.41, 5.74) is -0.995. The summed E-state index contributed by atoms with van der Waals surface area (Å²) in [4.78, 5) is 25.7. The summed E-state index contributed by atoms with van der Waals surface area (Å²) in [5.74, 6) is -4.94. The van der Waals surface area contributed by atoms with Crippen LogP contribution in [0.1, 0.15) is 27.1 Å². The molecule has 0 aromatic heterocycles. The number of halogens is 4. The van der Waals surface area contributed by atoms with Crippen molar-refractivity contribution in [2.24, 2.45) is 0 Å². The fourth-order valence-electron chi connectivity index (χ4n) is 3.34. The van der Waals surface area contributed by atoms with Crippen molar-refractivity contribution < 1.29 is 18.4 Å². The van der Waals surface area contributed by atoms with Gasteiger partial charge in [-0.3, -0.25) is 9.59 Å². The lowest BCUT2D eigenvalue weighted by atomic mass is 9.76. The molecule has 27 heavy (non-hydrogen) atoms. The summed E-state index contributed by atoms with van der Waals surface area (Å²) in [7, 11) is 0. The zero-order valence-electron chi connectivity index (χ0n) is 13.7. The Morgan fingerprint density at radius 1 is 0.926 bits per heavy atom. The maximum atomic E-state index is 16.0. The number of ketones is 2. The Balaban J connectivity index is 1.90. The van der Waals surface area contributed by atoms with Gasteiger partial charge in [0.2, 0.25) is 5.79 Å². The largest absolute Gasteiger partial charge is 0.347 e. The molecule has 1 unspecified atom stereocenters. The molecule has 3 nitrogen and oxygen atoms in total. The van der Waals surface area contributed by atoms with Crippen LogP contribution >= 0.6 is 23.2 Å². The Labute approximate surface area is 163 Å². The highest BCUT2D eigenvalue weighted by Gasteiger charge is 2.49. The zero-order chi connectivity index (χ0) is 19.3. The monoisotopic (exact) mass is 405 g/mol. The van der Waals surface area contributed by atoms with Crippen LogP contribution in [0, 0.1) is 0 Å². The summed E-state index contributed by atoms with van der Waals surface area (Å²) < 4.78 is 30.4. The average Bonchev–Trinajstić information content (AvgIpc) is 2.65. The molecule has 2 aromatic carbocycles. The second-order valence-electron chi connectivity index (χ2n) is 6.23. The van der Waals surface area contributed by atoms with Crippen LogP contribution < -0.4 is 5.32 Å². The molecule has 2 aliphatic rings. The quantitative estimate of drug-likeness (QED) is 0.651. The lowest BCUT2D eigenvalue weighted by Gasteiger charge is -2.35. The maximum Gasteiger partial charge on any atom is 0.214 e. The van der Waals surface area contributed by atoms with Crippen LogP contribution in [-0.4, -0.2) is 17.4 Å². The topological polar surface area (TPSA) is 46.2 Å². The SMILES string of the molecule is O=C1C2=C(C(=O)c3ccccc31)C(F)(Nc1c(Cl)cccc1Cl)CC=C2F. The molecule has 0 amide bonds. The van der Waals surface area contributed by atoms with E-state index in [1.165, 1.54) is 24.3 Å². The predicted molar refractivity (Wildman–Crippen MR) is 99.9 cm³/mol. The number of para-hydroxylation sites is 1. The van der Waals surface area contributed by atoms with Gasteiger partial charge in [0.15, 0.2) is 11.6 Å². The van der Waals surface area contributed by atoms with E-state index in [4.69, 9.17) is 23.2 Å². The molecule has 0 bridgehead atoms. The summed E-state index contributed by atoms with van der Waals surface area (Å²) in [6, 6.07) is 10.5. The van der Waals surface area contributed by atoms with Crippen LogP contribution in [0.4, 0.5) is 14.5 Å². The first-order valence-corrected chi connectivity index (χ1v) is 8.79. The number of hydrogen-bond acceptors (Lipinski definition) is 3. The zero-order valence-corrected chi connectivity index (χ0v) is 15.2. The first-order chi connectivity index (χ1) is 12.8. The Morgan fingerprint density at radius 2 is 1.52 bits per heavy atom. The van der Waals surface area contributed by atoms with E-state index in [9.17, 15) is 14.0 Å². The maximum absolute atomic E-state index is 16.0. The highest BCUT2D eigenvalue weighted by molar-refractivity contribution is 6.39. The van der Waals surface area contributed by atoms with Gasteiger partial charge in [-0.1, -0.05) is 53.5 Å². The van der Waals surface area contributed by atoms with E-state index in [0.717, 1.165) is 6.08 Å². The van der Waals surface area contributed by atoms with Crippen molar-refractivity contribution in [1.29, 1.82) is 0 Å². The van der Waals surface area contributed by atoms with E-state index in [-0.39, 0.29) is 26.9 Å². The second kappa shape index (κ2) is 6.29. The van der Waals surface area contributed by atoms with E-state index in [2.05, 4.69) is 5.32 Å². The van der Waals surface area contributed by atoms with Crippen LogP contribution in [-0.2, 0) is 0 Å². The van der Waals surface area contributed by atoms with Crippen LogP contribution in [0.15, 0.2) is 65.5 Å². The molecule has 0 radical (unpaired) electrons. The summed E-state index contributed by atoms with van der Waals surface area (Å²) >= 11 is 12.2. The second-order valence-corrected chi connectivity index (χ2v) is 7.05. The summed E-state index contributed by atoms with van der Waals surface area (Å²) in [6.45, 7) is 0. The standard InChI is InChI=1S/C20H11Cl2F2NO2/c21-12-6-3-7-13(22)17(12)25-20(24)9-8-14(23)15-16(20)19(27)11-5-2-1-4-10(11)18(15)26/h1-8,25H,9H2. The molecular formula is C20H11Cl2F2NO2. The van der Waals surface area contributed by atoms with Crippen molar-refractivity contribution in [2.75, 3.05) is 5.32 Å². The van der Waals surface area contributed by atoms with E-state index in [1.807, 2.05) is 0 Å². The van der Waals surface area contributed by atoms with E-state index in [0.29, 0.717) is 0 Å². The number of alkyl halides is 1. The van der Waals surface area contributed by atoms with Gasteiger partial charge in [0, 0.05) is 17.5 Å². The number of anilines is 1.